The second kappa shape index (κ2) is 9.94. The SMILES string of the molecule is CCC(C)C(=O)Nc1cccc(CNC(=O)CCCN2C(=O)NC3(CCCC3)C2=O)c1. The Morgan fingerprint density at radius 3 is 2.68 bits per heavy atom. The predicted octanol–water partition coefficient (Wildman–Crippen LogP) is 2.93. The minimum absolute atomic E-state index is 0.0245. The summed E-state index contributed by atoms with van der Waals surface area (Å²) < 4.78 is 0. The van der Waals surface area contributed by atoms with Crippen molar-refractivity contribution < 1.29 is 19.2 Å². The summed E-state index contributed by atoms with van der Waals surface area (Å²) in [5.74, 6) is -0.372. The molecule has 8 heteroatoms. The number of carbonyl (C=O) groups is 4. The number of carbonyl (C=O) groups excluding carboxylic acids is 4. The average molecular weight is 429 g/mol. The average Bonchev–Trinajstić information content (AvgIpc) is 3.32. The van der Waals surface area contributed by atoms with E-state index >= 15 is 0 Å². The number of hydrogen-bond acceptors (Lipinski definition) is 4. The highest BCUT2D eigenvalue weighted by atomic mass is 16.2. The molecular weight excluding hydrogens is 396 g/mol. The lowest BCUT2D eigenvalue weighted by Gasteiger charge is -2.19. The molecule has 2 fully saturated rings. The summed E-state index contributed by atoms with van der Waals surface area (Å²) in [6.45, 7) is 4.44. The van der Waals surface area contributed by atoms with Gasteiger partial charge in [-0.3, -0.25) is 19.3 Å². The highest BCUT2D eigenvalue weighted by Crippen LogP contribution is 2.35. The van der Waals surface area contributed by atoms with Gasteiger partial charge in [-0.05, 0) is 43.4 Å². The van der Waals surface area contributed by atoms with Gasteiger partial charge in [-0.15, -0.1) is 0 Å². The van der Waals surface area contributed by atoms with E-state index in [1.807, 2.05) is 38.1 Å². The number of amides is 5. The van der Waals surface area contributed by atoms with Gasteiger partial charge in [0.15, 0.2) is 0 Å². The number of anilines is 1. The molecule has 1 aromatic carbocycles. The Balaban J connectivity index is 1.42. The molecule has 3 rings (SSSR count). The van der Waals surface area contributed by atoms with Crippen LogP contribution in [0.25, 0.3) is 0 Å². The number of benzene rings is 1. The molecule has 0 bridgehead atoms. The van der Waals surface area contributed by atoms with Gasteiger partial charge in [0.05, 0.1) is 0 Å². The number of urea groups is 1. The van der Waals surface area contributed by atoms with E-state index in [0.717, 1.165) is 24.8 Å². The molecule has 1 aliphatic carbocycles. The van der Waals surface area contributed by atoms with Gasteiger partial charge in [0.25, 0.3) is 5.91 Å². The van der Waals surface area contributed by atoms with Crippen molar-refractivity contribution in [2.45, 2.75) is 70.9 Å². The van der Waals surface area contributed by atoms with E-state index in [9.17, 15) is 19.2 Å². The van der Waals surface area contributed by atoms with Gasteiger partial charge in [0, 0.05) is 31.1 Å². The number of rotatable bonds is 9. The van der Waals surface area contributed by atoms with E-state index in [2.05, 4.69) is 16.0 Å². The Kier molecular flexibility index (Phi) is 7.30. The van der Waals surface area contributed by atoms with Crippen molar-refractivity contribution in [1.29, 1.82) is 0 Å². The molecule has 0 aromatic heterocycles. The first-order valence-corrected chi connectivity index (χ1v) is 11.2. The van der Waals surface area contributed by atoms with Crippen molar-refractivity contribution >= 4 is 29.4 Å². The van der Waals surface area contributed by atoms with E-state index in [1.165, 1.54) is 4.90 Å². The molecule has 31 heavy (non-hydrogen) atoms. The molecule has 8 nitrogen and oxygen atoms in total. The van der Waals surface area contributed by atoms with E-state index < -0.39 is 5.54 Å². The second-order valence-corrected chi connectivity index (χ2v) is 8.56. The maximum atomic E-state index is 12.6. The van der Waals surface area contributed by atoms with Crippen molar-refractivity contribution in [1.82, 2.24) is 15.5 Å². The summed E-state index contributed by atoms with van der Waals surface area (Å²) in [7, 11) is 0. The van der Waals surface area contributed by atoms with Crippen molar-refractivity contribution in [3.8, 4) is 0 Å². The van der Waals surface area contributed by atoms with Crippen LogP contribution in [0.2, 0.25) is 0 Å². The third kappa shape index (κ3) is 5.42. The van der Waals surface area contributed by atoms with Crippen molar-refractivity contribution in [3.05, 3.63) is 29.8 Å². The molecule has 1 aromatic rings. The normalized spacial score (nSPS) is 18.2. The standard InChI is InChI=1S/C23H32N4O4/c1-3-16(2)20(29)25-18-9-6-8-17(14-18)15-24-19(28)10-7-13-27-21(30)23(26-22(27)31)11-4-5-12-23/h6,8-9,14,16H,3-5,7,10-13,15H2,1-2H3,(H,24,28)(H,25,29)(H,26,31). The van der Waals surface area contributed by atoms with E-state index in [1.54, 1.807) is 0 Å². The quantitative estimate of drug-likeness (QED) is 0.526. The molecular formula is C23H32N4O4. The summed E-state index contributed by atoms with van der Waals surface area (Å²) in [6, 6.07) is 7.04. The van der Waals surface area contributed by atoms with Gasteiger partial charge in [0.2, 0.25) is 11.8 Å². The van der Waals surface area contributed by atoms with Crippen LogP contribution in [0, 0.1) is 5.92 Å². The Morgan fingerprint density at radius 2 is 1.97 bits per heavy atom. The third-order valence-electron chi connectivity index (χ3n) is 6.23. The van der Waals surface area contributed by atoms with Crippen LogP contribution in [-0.2, 0) is 20.9 Å². The molecule has 5 amide bonds. The van der Waals surface area contributed by atoms with Crippen LogP contribution in [0.4, 0.5) is 10.5 Å². The molecule has 0 radical (unpaired) electrons. The lowest BCUT2D eigenvalue weighted by atomic mass is 9.98. The van der Waals surface area contributed by atoms with E-state index in [-0.39, 0.29) is 42.6 Å². The summed E-state index contributed by atoms with van der Waals surface area (Å²) in [5.41, 5.74) is 0.887. The Morgan fingerprint density at radius 1 is 1.23 bits per heavy atom. The van der Waals surface area contributed by atoms with Crippen LogP contribution in [0.1, 0.15) is 64.4 Å². The van der Waals surface area contributed by atoms with Crippen LogP contribution >= 0.6 is 0 Å². The largest absolute Gasteiger partial charge is 0.352 e. The molecule has 168 valence electrons. The molecule has 2 aliphatic rings. The van der Waals surface area contributed by atoms with Gasteiger partial charge >= 0.3 is 6.03 Å². The van der Waals surface area contributed by atoms with Gasteiger partial charge in [-0.1, -0.05) is 38.8 Å². The summed E-state index contributed by atoms with van der Waals surface area (Å²) in [4.78, 5) is 50.3. The maximum Gasteiger partial charge on any atom is 0.325 e. The van der Waals surface area contributed by atoms with Gasteiger partial charge in [-0.25, -0.2) is 4.79 Å². The molecule has 1 heterocycles. The van der Waals surface area contributed by atoms with E-state index in [4.69, 9.17) is 0 Å². The molecule has 1 aliphatic heterocycles. The first-order chi connectivity index (χ1) is 14.8. The van der Waals surface area contributed by atoms with Crippen LogP contribution < -0.4 is 16.0 Å². The number of nitrogens with one attached hydrogen (secondary N) is 3. The third-order valence-corrected chi connectivity index (χ3v) is 6.23. The van der Waals surface area contributed by atoms with Gasteiger partial charge < -0.3 is 16.0 Å². The topological polar surface area (TPSA) is 108 Å². The highest BCUT2D eigenvalue weighted by Gasteiger charge is 2.52. The minimum Gasteiger partial charge on any atom is -0.352 e. The number of hydrogen-bond donors (Lipinski definition) is 3. The van der Waals surface area contributed by atoms with E-state index in [0.29, 0.717) is 31.5 Å². The zero-order valence-corrected chi connectivity index (χ0v) is 18.3. The smallest absolute Gasteiger partial charge is 0.325 e. The Labute approximate surface area is 183 Å². The fourth-order valence-corrected chi connectivity index (χ4v) is 4.09. The van der Waals surface area contributed by atoms with Gasteiger partial charge in [-0.2, -0.15) is 0 Å². The van der Waals surface area contributed by atoms with Crippen LogP contribution in [0.5, 0.6) is 0 Å². The summed E-state index contributed by atoms with van der Waals surface area (Å²) in [5, 5.41) is 8.59. The molecule has 1 spiro atoms. The monoisotopic (exact) mass is 428 g/mol. The number of nitrogens with zero attached hydrogens (tertiary/aromatic N) is 1. The Hall–Kier alpha value is -2.90. The maximum absolute atomic E-state index is 12.6. The van der Waals surface area contributed by atoms with Crippen molar-refractivity contribution in [2.75, 3.05) is 11.9 Å². The van der Waals surface area contributed by atoms with Gasteiger partial charge in [0.1, 0.15) is 5.54 Å². The molecule has 1 unspecified atom stereocenters. The second-order valence-electron chi connectivity index (χ2n) is 8.56. The molecule has 1 saturated heterocycles. The zero-order chi connectivity index (χ0) is 22.4. The molecule has 1 atom stereocenters. The predicted molar refractivity (Wildman–Crippen MR) is 117 cm³/mol. The van der Waals surface area contributed by atoms with Crippen LogP contribution in [0.15, 0.2) is 24.3 Å². The molecule has 1 saturated carbocycles. The first kappa shape index (κ1) is 22.8. The fourth-order valence-electron chi connectivity index (χ4n) is 4.09. The highest BCUT2D eigenvalue weighted by molar-refractivity contribution is 6.07. The first-order valence-electron chi connectivity index (χ1n) is 11.2. The van der Waals surface area contributed by atoms with Crippen LogP contribution in [0.3, 0.4) is 0 Å². The lowest BCUT2D eigenvalue weighted by molar-refractivity contribution is -0.131. The zero-order valence-electron chi connectivity index (χ0n) is 18.3. The summed E-state index contributed by atoms with van der Waals surface area (Å²) in [6.07, 6.45) is 4.72. The molecule has 3 N–H and O–H groups in total. The van der Waals surface area contributed by atoms with Crippen molar-refractivity contribution in [3.63, 3.8) is 0 Å². The fraction of sp³-hybridized carbons (Fsp3) is 0.565. The number of imide groups is 1. The minimum atomic E-state index is -0.700. The Bertz CT molecular complexity index is 848. The van der Waals surface area contributed by atoms with Crippen LogP contribution in [-0.4, -0.2) is 40.7 Å². The van der Waals surface area contributed by atoms with Crippen molar-refractivity contribution in [2.24, 2.45) is 5.92 Å². The summed E-state index contributed by atoms with van der Waals surface area (Å²) >= 11 is 0. The lowest BCUT2D eigenvalue weighted by Crippen LogP contribution is -2.44.